The normalized spacial score (nSPS) is 14.3. The molecule has 180 valence electrons. The van der Waals surface area contributed by atoms with E-state index in [-0.39, 0.29) is 11.6 Å². The molecule has 3 aromatic heterocycles. The molecule has 1 fully saturated rings. The first kappa shape index (κ1) is 23.0. The molecule has 4 aromatic rings. The second-order valence-corrected chi connectivity index (χ2v) is 8.86. The molecule has 0 radical (unpaired) electrons. The highest BCUT2D eigenvalue weighted by Gasteiger charge is 2.23. The van der Waals surface area contributed by atoms with E-state index in [1.54, 1.807) is 30.7 Å². The Hall–Kier alpha value is -3.72. The molecule has 5 rings (SSSR count). The van der Waals surface area contributed by atoms with Crippen LogP contribution in [-0.4, -0.2) is 50.4 Å². The van der Waals surface area contributed by atoms with Crippen LogP contribution in [0, 0.1) is 5.82 Å². The molecule has 1 saturated heterocycles. The van der Waals surface area contributed by atoms with Crippen molar-refractivity contribution in [2.24, 2.45) is 0 Å². The van der Waals surface area contributed by atoms with Gasteiger partial charge in [-0.05, 0) is 48.6 Å². The third-order valence-electron chi connectivity index (χ3n) is 6.36. The van der Waals surface area contributed by atoms with E-state index in [1.807, 2.05) is 17.0 Å². The molecule has 1 aliphatic heterocycles. The number of likely N-dealkylation sites (tertiary alicyclic amines) is 1. The zero-order chi connectivity index (χ0) is 24.5. The largest absolute Gasteiger partial charge is 0.495 e. The number of halogens is 2. The number of hydrogen-bond donors (Lipinski definition) is 1. The molecular weight excluding hydrogens is 471 g/mol. The molecule has 10 heteroatoms. The topological polar surface area (TPSA) is 84.6 Å². The number of methoxy groups -OCH3 is 1. The van der Waals surface area contributed by atoms with Crippen LogP contribution in [0.4, 0.5) is 16.0 Å². The van der Waals surface area contributed by atoms with Crippen molar-refractivity contribution in [3.8, 4) is 17.1 Å². The van der Waals surface area contributed by atoms with Gasteiger partial charge in [0.25, 0.3) is 0 Å². The van der Waals surface area contributed by atoms with Crippen LogP contribution in [-0.2, 0) is 4.79 Å². The molecule has 4 heterocycles. The summed E-state index contributed by atoms with van der Waals surface area (Å²) in [4.78, 5) is 26.5. The number of fused-ring (bicyclic) bond motifs is 1. The summed E-state index contributed by atoms with van der Waals surface area (Å²) >= 11 is 6.39. The van der Waals surface area contributed by atoms with E-state index in [1.165, 1.54) is 24.0 Å². The number of nitrogens with one attached hydrogen (secondary N) is 1. The van der Waals surface area contributed by atoms with E-state index < -0.39 is 5.82 Å². The van der Waals surface area contributed by atoms with Gasteiger partial charge in [-0.3, -0.25) is 9.20 Å². The number of aromatic nitrogens is 4. The fraction of sp³-hybridized carbons (Fsp3) is 0.280. The maximum Gasteiger partial charge on any atom is 0.227 e. The smallest absolute Gasteiger partial charge is 0.227 e. The van der Waals surface area contributed by atoms with Crippen molar-refractivity contribution in [1.29, 1.82) is 0 Å². The van der Waals surface area contributed by atoms with Gasteiger partial charge in [-0.25, -0.2) is 19.3 Å². The van der Waals surface area contributed by atoms with Crippen LogP contribution in [0.3, 0.4) is 0 Å². The van der Waals surface area contributed by atoms with Crippen molar-refractivity contribution in [3.05, 3.63) is 65.3 Å². The number of benzene rings is 1. The second-order valence-electron chi connectivity index (χ2n) is 8.45. The molecular formula is C25H24ClFN6O2. The molecule has 0 aliphatic carbocycles. The lowest BCUT2D eigenvalue weighted by Crippen LogP contribution is -2.36. The number of piperidine rings is 1. The van der Waals surface area contributed by atoms with Crippen molar-refractivity contribution >= 4 is 34.8 Å². The molecule has 0 bridgehead atoms. The highest BCUT2D eigenvalue weighted by molar-refractivity contribution is 6.32. The Morgan fingerprint density at radius 2 is 2.00 bits per heavy atom. The Morgan fingerprint density at radius 3 is 2.74 bits per heavy atom. The number of carbonyl (C=O) groups is 1. The number of hydrogen-bond acceptors (Lipinski definition) is 6. The van der Waals surface area contributed by atoms with E-state index in [4.69, 9.17) is 16.3 Å². The van der Waals surface area contributed by atoms with Gasteiger partial charge in [0.2, 0.25) is 11.9 Å². The van der Waals surface area contributed by atoms with Gasteiger partial charge < -0.3 is 15.0 Å². The fourth-order valence-electron chi connectivity index (χ4n) is 4.47. The summed E-state index contributed by atoms with van der Waals surface area (Å²) in [7, 11) is 1.61. The van der Waals surface area contributed by atoms with Gasteiger partial charge in [-0.2, -0.15) is 0 Å². The summed E-state index contributed by atoms with van der Waals surface area (Å²) in [5.74, 6) is 1.03. The van der Waals surface area contributed by atoms with E-state index in [2.05, 4.69) is 26.3 Å². The highest BCUT2D eigenvalue weighted by Crippen LogP contribution is 2.35. The summed E-state index contributed by atoms with van der Waals surface area (Å²) in [6, 6.07) is 8.96. The molecule has 1 aromatic carbocycles. The minimum Gasteiger partial charge on any atom is -0.495 e. The third-order valence-corrected chi connectivity index (χ3v) is 6.64. The Kier molecular flexibility index (Phi) is 6.25. The van der Waals surface area contributed by atoms with Gasteiger partial charge in [0, 0.05) is 26.2 Å². The van der Waals surface area contributed by atoms with Crippen LogP contribution in [0.2, 0.25) is 5.02 Å². The lowest BCUT2D eigenvalue weighted by atomic mass is 9.89. The average Bonchev–Trinajstić information content (AvgIpc) is 3.31. The van der Waals surface area contributed by atoms with E-state index in [9.17, 15) is 9.18 Å². The number of carbonyl (C=O) groups excluding carboxylic acids is 1. The molecule has 0 saturated carbocycles. The van der Waals surface area contributed by atoms with Crippen LogP contribution in [0.15, 0.2) is 48.9 Å². The van der Waals surface area contributed by atoms with Crippen LogP contribution in [0.1, 0.15) is 31.2 Å². The van der Waals surface area contributed by atoms with Gasteiger partial charge in [0.15, 0.2) is 11.5 Å². The van der Waals surface area contributed by atoms with Gasteiger partial charge in [-0.15, -0.1) is 0 Å². The summed E-state index contributed by atoms with van der Waals surface area (Å²) in [6.45, 7) is 3.13. The van der Waals surface area contributed by atoms with Crippen molar-refractivity contribution in [1.82, 2.24) is 24.3 Å². The second kappa shape index (κ2) is 9.50. The van der Waals surface area contributed by atoms with E-state index in [0.29, 0.717) is 39.7 Å². The van der Waals surface area contributed by atoms with E-state index in [0.717, 1.165) is 25.9 Å². The number of amides is 1. The maximum absolute atomic E-state index is 14.1. The number of ether oxygens (including phenoxy) is 1. The molecule has 1 N–H and O–H groups in total. The maximum atomic E-state index is 14.1. The quantitative estimate of drug-likeness (QED) is 0.417. The number of anilines is 2. The number of pyridine rings is 1. The Labute approximate surface area is 206 Å². The summed E-state index contributed by atoms with van der Waals surface area (Å²) < 4.78 is 21.3. The summed E-state index contributed by atoms with van der Waals surface area (Å²) in [6.07, 6.45) is 6.56. The zero-order valence-electron chi connectivity index (χ0n) is 19.3. The van der Waals surface area contributed by atoms with Gasteiger partial charge in [0.05, 0.1) is 35.9 Å². The van der Waals surface area contributed by atoms with Crippen molar-refractivity contribution in [2.45, 2.75) is 25.7 Å². The predicted molar refractivity (Wildman–Crippen MR) is 132 cm³/mol. The number of rotatable bonds is 5. The molecule has 0 atom stereocenters. The van der Waals surface area contributed by atoms with Crippen molar-refractivity contribution in [3.63, 3.8) is 0 Å². The SMILES string of the molecule is COc1cc(C2CCN(C(C)=O)CC2)ccc1Nc1ncc(Cl)c(-c2cnc3c(F)cccn23)n1. The monoisotopic (exact) mass is 494 g/mol. The van der Waals surface area contributed by atoms with Gasteiger partial charge in [-0.1, -0.05) is 17.7 Å². The Morgan fingerprint density at radius 1 is 1.20 bits per heavy atom. The first-order chi connectivity index (χ1) is 16.9. The van der Waals surface area contributed by atoms with Crippen molar-refractivity contribution in [2.75, 3.05) is 25.5 Å². The lowest BCUT2D eigenvalue weighted by molar-refractivity contribution is -0.129. The summed E-state index contributed by atoms with van der Waals surface area (Å²) in [5.41, 5.74) is 3.04. The van der Waals surface area contributed by atoms with Gasteiger partial charge >= 0.3 is 0 Å². The molecule has 1 amide bonds. The highest BCUT2D eigenvalue weighted by atomic mass is 35.5. The predicted octanol–water partition coefficient (Wildman–Crippen LogP) is 5.06. The van der Waals surface area contributed by atoms with Crippen LogP contribution in [0.5, 0.6) is 5.75 Å². The van der Waals surface area contributed by atoms with Crippen LogP contribution >= 0.6 is 11.6 Å². The van der Waals surface area contributed by atoms with E-state index >= 15 is 0 Å². The number of nitrogens with zero attached hydrogens (tertiary/aromatic N) is 5. The molecule has 0 spiro atoms. The van der Waals surface area contributed by atoms with Crippen molar-refractivity contribution < 1.29 is 13.9 Å². The van der Waals surface area contributed by atoms with Gasteiger partial charge in [0.1, 0.15) is 11.4 Å². The first-order valence-corrected chi connectivity index (χ1v) is 11.7. The Balaban J connectivity index is 1.40. The summed E-state index contributed by atoms with van der Waals surface area (Å²) in [5, 5.41) is 3.52. The average molecular weight is 495 g/mol. The standard InChI is InChI=1S/C25H24ClFN6O2/c1-15(34)32-10-7-16(8-11-32)17-5-6-20(22(12-17)35-2)30-25-29-13-18(26)23(31-25)21-14-28-24-19(27)4-3-9-33(21)24/h3-6,9,12-14,16H,7-8,10-11H2,1-2H3,(H,29,30,31). The fourth-order valence-corrected chi connectivity index (χ4v) is 4.66. The minimum absolute atomic E-state index is 0.122. The molecule has 35 heavy (non-hydrogen) atoms. The minimum atomic E-state index is -0.431. The lowest BCUT2D eigenvalue weighted by Gasteiger charge is -2.31. The number of imidazole rings is 1. The molecule has 1 aliphatic rings. The van der Waals surface area contributed by atoms with Crippen LogP contribution < -0.4 is 10.1 Å². The van der Waals surface area contributed by atoms with Crippen LogP contribution in [0.25, 0.3) is 17.0 Å². The molecule has 0 unspecified atom stereocenters. The zero-order valence-corrected chi connectivity index (χ0v) is 20.1. The third kappa shape index (κ3) is 4.51. The Bertz CT molecular complexity index is 1400. The first-order valence-electron chi connectivity index (χ1n) is 11.3. The molecule has 8 nitrogen and oxygen atoms in total.